The minimum atomic E-state index is -0.405. The summed E-state index contributed by atoms with van der Waals surface area (Å²) in [4.78, 5) is 11.6. The van der Waals surface area contributed by atoms with Gasteiger partial charge in [0, 0.05) is 19.2 Å². The summed E-state index contributed by atoms with van der Waals surface area (Å²) in [7, 11) is 0. The third-order valence-corrected chi connectivity index (χ3v) is 2.33. The van der Waals surface area contributed by atoms with E-state index in [0.29, 0.717) is 25.5 Å². The second-order valence-electron chi connectivity index (χ2n) is 3.72. The molecule has 6 nitrogen and oxygen atoms in total. The van der Waals surface area contributed by atoms with Crippen molar-refractivity contribution >= 4 is 5.91 Å². The number of aromatic nitrogens is 1. The summed E-state index contributed by atoms with van der Waals surface area (Å²) in [5, 5.41) is 9.58. The van der Waals surface area contributed by atoms with Crippen LogP contribution in [0, 0.1) is 6.92 Å². The van der Waals surface area contributed by atoms with Crippen molar-refractivity contribution in [2.24, 2.45) is 0 Å². The molecule has 2 rings (SSSR count). The highest BCUT2D eigenvalue weighted by Gasteiger charge is 2.21. The van der Waals surface area contributed by atoms with E-state index in [1.165, 1.54) is 0 Å². The molecular formula is C10H15N3O3. The molecule has 0 saturated carbocycles. The van der Waals surface area contributed by atoms with Crippen LogP contribution >= 0.6 is 0 Å². The van der Waals surface area contributed by atoms with Crippen LogP contribution in [0.3, 0.4) is 0 Å². The topological polar surface area (TPSA) is 76.4 Å². The molecule has 2 heterocycles. The van der Waals surface area contributed by atoms with Crippen molar-refractivity contribution < 1.29 is 14.1 Å². The van der Waals surface area contributed by atoms with Crippen LogP contribution in [0.2, 0.25) is 0 Å². The molecule has 1 aromatic heterocycles. The maximum Gasteiger partial charge on any atom is 0.250 e. The zero-order valence-electron chi connectivity index (χ0n) is 9.16. The van der Waals surface area contributed by atoms with Crippen LogP contribution in [0.4, 0.5) is 0 Å². The Balaban J connectivity index is 1.78. The van der Waals surface area contributed by atoms with Gasteiger partial charge in [-0.05, 0) is 6.92 Å². The van der Waals surface area contributed by atoms with Crippen molar-refractivity contribution in [3.05, 3.63) is 17.5 Å². The Morgan fingerprint density at radius 1 is 1.75 bits per heavy atom. The minimum absolute atomic E-state index is 0.124. The van der Waals surface area contributed by atoms with Crippen LogP contribution in [0.5, 0.6) is 0 Å². The SMILES string of the molecule is Cc1cc(CNC(=O)C2CNCCO2)on1. The summed E-state index contributed by atoms with van der Waals surface area (Å²) >= 11 is 0. The molecule has 1 amide bonds. The van der Waals surface area contributed by atoms with Gasteiger partial charge in [0.15, 0.2) is 5.76 Å². The first kappa shape index (κ1) is 11.1. The van der Waals surface area contributed by atoms with Crippen molar-refractivity contribution in [1.29, 1.82) is 0 Å². The third-order valence-electron chi connectivity index (χ3n) is 2.33. The molecule has 1 unspecified atom stereocenters. The molecule has 2 N–H and O–H groups in total. The van der Waals surface area contributed by atoms with Gasteiger partial charge in [-0.25, -0.2) is 0 Å². The van der Waals surface area contributed by atoms with Gasteiger partial charge in [-0.3, -0.25) is 4.79 Å². The molecule has 6 heteroatoms. The van der Waals surface area contributed by atoms with Gasteiger partial charge in [0.05, 0.1) is 18.8 Å². The molecule has 0 aromatic carbocycles. The van der Waals surface area contributed by atoms with Crippen LogP contribution in [0.15, 0.2) is 10.6 Å². The van der Waals surface area contributed by atoms with Crippen molar-refractivity contribution in [3.63, 3.8) is 0 Å². The molecule has 1 saturated heterocycles. The number of amides is 1. The number of nitrogens with zero attached hydrogens (tertiary/aromatic N) is 1. The van der Waals surface area contributed by atoms with E-state index in [-0.39, 0.29) is 5.91 Å². The Bertz CT molecular complexity index is 358. The van der Waals surface area contributed by atoms with E-state index in [0.717, 1.165) is 12.2 Å². The van der Waals surface area contributed by atoms with Gasteiger partial charge in [-0.1, -0.05) is 5.16 Å². The van der Waals surface area contributed by atoms with Gasteiger partial charge in [0.2, 0.25) is 0 Å². The first-order valence-electron chi connectivity index (χ1n) is 5.28. The van der Waals surface area contributed by atoms with E-state index in [4.69, 9.17) is 9.26 Å². The number of aryl methyl sites for hydroxylation is 1. The maximum absolute atomic E-state index is 11.6. The Morgan fingerprint density at radius 2 is 2.62 bits per heavy atom. The highest BCUT2D eigenvalue weighted by atomic mass is 16.5. The lowest BCUT2D eigenvalue weighted by molar-refractivity contribution is -0.134. The van der Waals surface area contributed by atoms with E-state index in [2.05, 4.69) is 15.8 Å². The minimum Gasteiger partial charge on any atom is -0.366 e. The predicted octanol–water partition coefficient (Wildman–Crippen LogP) is -0.412. The van der Waals surface area contributed by atoms with E-state index >= 15 is 0 Å². The van der Waals surface area contributed by atoms with Gasteiger partial charge in [0.1, 0.15) is 6.10 Å². The van der Waals surface area contributed by atoms with Crippen LogP contribution in [0.1, 0.15) is 11.5 Å². The van der Waals surface area contributed by atoms with E-state index in [1.807, 2.05) is 6.92 Å². The van der Waals surface area contributed by atoms with Crippen LogP contribution < -0.4 is 10.6 Å². The molecule has 0 bridgehead atoms. The number of ether oxygens (including phenoxy) is 1. The average Bonchev–Trinajstić information content (AvgIpc) is 2.73. The van der Waals surface area contributed by atoms with Gasteiger partial charge in [0.25, 0.3) is 5.91 Å². The lowest BCUT2D eigenvalue weighted by Gasteiger charge is -2.22. The quantitative estimate of drug-likeness (QED) is 0.731. The summed E-state index contributed by atoms with van der Waals surface area (Å²) in [6, 6.07) is 1.79. The fraction of sp³-hybridized carbons (Fsp3) is 0.600. The molecule has 0 aliphatic carbocycles. The predicted molar refractivity (Wildman–Crippen MR) is 55.7 cm³/mol. The van der Waals surface area contributed by atoms with Crippen molar-refractivity contribution in [3.8, 4) is 0 Å². The van der Waals surface area contributed by atoms with E-state index in [1.54, 1.807) is 6.07 Å². The Morgan fingerprint density at radius 3 is 3.25 bits per heavy atom. The molecule has 16 heavy (non-hydrogen) atoms. The summed E-state index contributed by atoms with van der Waals surface area (Å²) in [6.45, 7) is 4.11. The summed E-state index contributed by atoms with van der Waals surface area (Å²) in [5.74, 6) is 0.524. The normalized spacial score (nSPS) is 20.7. The largest absolute Gasteiger partial charge is 0.366 e. The second kappa shape index (κ2) is 5.09. The zero-order chi connectivity index (χ0) is 11.4. The fourth-order valence-corrected chi connectivity index (χ4v) is 1.52. The van der Waals surface area contributed by atoms with Crippen molar-refractivity contribution in [2.45, 2.75) is 19.6 Å². The monoisotopic (exact) mass is 225 g/mol. The summed E-state index contributed by atoms with van der Waals surface area (Å²) in [5.41, 5.74) is 0.805. The van der Waals surface area contributed by atoms with Crippen molar-refractivity contribution in [2.75, 3.05) is 19.7 Å². The molecule has 0 spiro atoms. The lowest BCUT2D eigenvalue weighted by atomic mass is 10.3. The number of carbonyl (C=O) groups is 1. The zero-order valence-corrected chi connectivity index (χ0v) is 9.16. The Labute approximate surface area is 93.3 Å². The van der Waals surface area contributed by atoms with E-state index < -0.39 is 6.10 Å². The van der Waals surface area contributed by atoms with Gasteiger partial charge >= 0.3 is 0 Å². The van der Waals surface area contributed by atoms with Crippen LogP contribution in [0.25, 0.3) is 0 Å². The molecule has 1 aliphatic heterocycles. The smallest absolute Gasteiger partial charge is 0.250 e. The van der Waals surface area contributed by atoms with Crippen LogP contribution in [-0.2, 0) is 16.1 Å². The third kappa shape index (κ3) is 2.80. The number of hydrogen-bond acceptors (Lipinski definition) is 5. The lowest BCUT2D eigenvalue weighted by Crippen LogP contribution is -2.47. The highest BCUT2D eigenvalue weighted by Crippen LogP contribution is 2.02. The van der Waals surface area contributed by atoms with Gasteiger partial charge in [-0.15, -0.1) is 0 Å². The Hall–Kier alpha value is -1.40. The standard InChI is InChI=1S/C10H15N3O3/c1-7-4-8(16-13-7)5-12-10(14)9-6-11-2-3-15-9/h4,9,11H,2-3,5-6H2,1H3,(H,12,14). The Kier molecular flexibility index (Phi) is 3.53. The van der Waals surface area contributed by atoms with Gasteiger partial charge < -0.3 is 19.9 Å². The highest BCUT2D eigenvalue weighted by molar-refractivity contribution is 5.81. The van der Waals surface area contributed by atoms with Gasteiger partial charge in [-0.2, -0.15) is 0 Å². The maximum atomic E-state index is 11.6. The average molecular weight is 225 g/mol. The second-order valence-corrected chi connectivity index (χ2v) is 3.72. The summed E-state index contributed by atoms with van der Waals surface area (Å²) < 4.78 is 10.3. The number of nitrogens with one attached hydrogen (secondary N) is 2. The number of hydrogen-bond donors (Lipinski definition) is 2. The number of morpholine rings is 1. The number of carbonyl (C=O) groups excluding carboxylic acids is 1. The molecule has 1 aliphatic rings. The molecule has 1 aromatic rings. The molecule has 1 atom stereocenters. The molecule has 0 radical (unpaired) electrons. The summed E-state index contributed by atoms with van der Waals surface area (Å²) in [6.07, 6.45) is -0.405. The van der Waals surface area contributed by atoms with Crippen molar-refractivity contribution in [1.82, 2.24) is 15.8 Å². The first-order chi connectivity index (χ1) is 7.75. The molecule has 1 fully saturated rings. The fourth-order valence-electron chi connectivity index (χ4n) is 1.52. The van der Waals surface area contributed by atoms with Crippen LogP contribution in [-0.4, -0.2) is 36.9 Å². The number of rotatable bonds is 3. The molecular weight excluding hydrogens is 210 g/mol. The van der Waals surface area contributed by atoms with E-state index in [9.17, 15) is 4.79 Å². The first-order valence-corrected chi connectivity index (χ1v) is 5.28. The molecule has 88 valence electrons.